The summed E-state index contributed by atoms with van der Waals surface area (Å²) in [4.78, 5) is 29.3. The zero-order valence-electron chi connectivity index (χ0n) is 16.4. The summed E-state index contributed by atoms with van der Waals surface area (Å²) in [6.45, 7) is 2.14. The van der Waals surface area contributed by atoms with E-state index in [1.807, 2.05) is 24.3 Å². The fraction of sp³-hybridized carbons (Fsp3) is 0.261. The van der Waals surface area contributed by atoms with E-state index >= 15 is 0 Å². The first-order chi connectivity index (χ1) is 14.5. The highest BCUT2D eigenvalue weighted by molar-refractivity contribution is 9.10. The zero-order chi connectivity index (χ0) is 21.1. The van der Waals surface area contributed by atoms with Crippen molar-refractivity contribution in [3.05, 3.63) is 64.1 Å². The molecular formula is C23H22BrN3O2S. The van der Waals surface area contributed by atoms with E-state index in [1.165, 1.54) is 36.3 Å². The van der Waals surface area contributed by atoms with E-state index < -0.39 is 11.8 Å². The van der Waals surface area contributed by atoms with Gasteiger partial charge in [0.05, 0.1) is 5.69 Å². The quantitative estimate of drug-likeness (QED) is 0.391. The van der Waals surface area contributed by atoms with Crippen molar-refractivity contribution in [2.75, 3.05) is 22.9 Å². The molecule has 4 rings (SSSR count). The highest BCUT2D eigenvalue weighted by Crippen LogP contribution is 2.26. The maximum Gasteiger partial charge on any atom is 0.270 e. The van der Waals surface area contributed by atoms with Gasteiger partial charge in [0.15, 0.2) is 5.11 Å². The van der Waals surface area contributed by atoms with Gasteiger partial charge >= 0.3 is 0 Å². The van der Waals surface area contributed by atoms with Crippen LogP contribution in [-0.2, 0) is 9.59 Å². The van der Waals surface area contributed by atoms with Crippen LogP contribution in [0.15, 0.2) is 58.6 Å². The molecular weight excluding hydrogens is 462 g/mol. The summed E-state index contributed by atoms with van der Waals surface area (Å²) < 4.78 is 0.821. The lowest BCUT2D eigenvalue weighted by Crippen LogP contribution is -2.54. The molecule has 1 N–H and O–H groups in total. The lowest BCUT2D eigenvalue weighted by atomic mass is 10.1. The maximum absolute atomic E-state index is 13.1. The first-order valence-electron chi connectivity index (χ1n) is 10.0. The van der Waals surface area contributed by atoms with Crippen molar-refractivity contribution in [2.45, 2.75) is 25.7 Å². The van der Waals surface area contributed by atoms with Crippen molar-refractivity contribution in [1.29, 1.82) is 0 Å². The minimum absolute atomic E-state index is 0.0612. The van der Waals surface area contributed by atoms with Gasteiger partial charge in [-0.3, -0.25) is 19.8 Å². The van der Waals surface area contributed by atoms with Gasteiger partial charge in [-0.2, -0.15) is 0 Å². The van der Waals surface area contributed by atoms with Gasteiger partial charge in [0.1, 0.15) is 5.57 Å². The van der Waals surface area contributed by atoms with E-state index in [-0.39, 0.29) is 10.7 Å². The van der Waals surface area contributed by atoms with Crippen LogP contribution in [-0.4, -0.2) is 30.0 Å². The van der Waals surface area contributed by atoms with Gasteiger partial charge in [-0.05, 0) is 67.0 Å². The highest BCUT2D eigenvalue weighted by Gasteiger charge is 2.34. The second-order valence-corrected chi connectivity index (χ2v) is 8.73. The Balaban J connectivity index is 1.59. The van der Waals surface area contributed by atoms with E-state index in [0.29, 0.717) is 5.69 Å². The summed E-state index contributed by atoms with van der Waals surface area (Å²) in [6, 6.07) is 15.3. The Kier molecular flexibility index (Phi) is 6.29. The lowest BCUT2D eigenvalue weighted by Gasteiger charge is -2.29. The number of nitrogens with one attached hydrogen (secondary N) is 1. The van der Waals surface area contributed by atoms with Gasteiger partial charge in [-0.15, -0.1) is 0 Å². The molecule has 0 bridgehead atoms. The number of carbonyl (C=O) groups excluding carboxylic acids is 2. The van der Waals surface area contributed by atoms with Crippen LogP contribution in [0.5, 0.6) is 0 Å². The van der Waals surface area contributed by atoms with Crippen LogP contribution in [0.25, 0.3) is 6.08 Å². The highest BCUT2D eigenvalue weighted by atomic mass is 79.9. The normalized spacial score (nSPS) is 19.1. The fourth-order valence-corrected chi connectivity index (χ4v) is 4.45. The summed E-state index contributed by atoms with van der Waals surface area (Å²) in [5, 5.41) is 2.70. The molecule has 2 aliphatic rings. The van der Waals surface area contributed by atoms with E-state index in [4.69, 9.17) is 12.2 Å². The molecule has 2 aromatic rings. The van der Waals surface area contributed by atoms with Crippen molar-refractivity contribution in [2.24, 2.45) is 0 Å². The van der Waals surface area contributed by atoms with Crippen LogP contribution in [0.3, 0.4) is 0 Å². The van der Waals surface area contributed by atoms with E-state index in [2.05, 4.69) is 38.3 Å². The molecule has 7 heteroatoms. The van der Waals surface area contributed by atoms with Crippen LogP contribution in [0.1, 0.15) is 31.2 Å². The van der Waals surface area contributed by atoms with E-state index in [1.54, 1.807) is 18.2 Å². The molecule has 2 saturated heterocycles. The Labute approximate surface area is 189 Å². The number of nitrogens with zero attached hydrogens (tertiary/aromatic N) is 2. The first kappa shape index (κ1) is 20.8. The van der Waals surface area contributed by atoms with Crippen molar-refractivity contribution in [3.8, 4) is 0 Å². The van der Waals surface area contributed by atoms with E-state index in [0.717, 1.165) is 23.1 Å². The SMILES string of the molecule is O=C1NC(=S)N(c2cccc(Br)c2)C(=O)/C1=C/c1ccc(N2CCCCCC2)cc1. The van der Waals surface area contributed by atoms with Gasteiger partial charge in [-0.1, -0.05) is 47.0 Å². The molecule has 0 unspecified atom stereocenters. The summed E-state index contributed by atoms with van der Waals surface area (Å²) in [7, 11) is 0. The van der Waals surface area contributed by atoms with Crippen LogP contribution in [0.4, 0.5) is 11.4 Å². The van der Waals surface area contributed by atoms with Gasteiger partial charge in [0.2, 0.25) is 0 Å². The van der Waals surface area contributed by atoms with Crippen molar-refractivity contribution >= 4 is 62.5 Å². The maximum atomic E-state index is 13.1. The first-order valence-corrected chi connectivity index (χ1v) is 11.2. The number of hydrogen-bond donors (Lipinski definition) is 1. The van der Waals surface area contributed by atoms with Crippen molar-refractivity contribution in [3.63, 3.8) is 0 Å². The predicted octanol–water partition coefficient (Wildman–Crippen LogP) is 4.66. The van der Waals surface area contributed by atoms with E-state index in [9.17, 15) is 9.59 Å². The summed E-state index contributed by atoms with van der Waals surface area (Å²) in [6.07, 6.45) is 6.62. The standard InChI is InChI=1S/C23H22BrN3O2S/c24-17-6-5-7-19(15-17)27-22(29)20(21(28)25-23(27)30)14-16-8-10-18(11-9-16)26-12-3-1-2-4-13-26/h5-11,14-15H,1-4,12-13H2,(H,25,28,30)/b20-14+. The Morgan fingerprint density at radius 1 is 0.933 bits per heavy atom. The largest absolute Gasteiger partial charge is 0.372 e. The summed E-state index contributed by atoms with van der Waals surface area (Å²) >= 11 is 8.66. The molecule has 2 fully saturated rings. The average Bonchev–Trinajstić information content (AvgIpc) is 3.01. The molecule has 5 nitrogen and oxygen atoms in total. The number of thiocarbonyl (C=S) groups is 1. The zero-order valence-corrected chi connectivity index (χ0v) is 18.8. The number of halogens is 1. The molecule has 30 heavy (non-hydrogen) atoms. The molecule has 0 aliphatic carbocycles. The molecule has 0 atom stereocenters. The topological polar surface area (TPSA) is 52.7 Å². The Hall–Kier alpha value is -2.51. The molecule has 2 heterocycles. The van der Waals surface area contributed by atoms with Crippen molar-refractivity contribution in [1.82, 2.24) is 5.32 Å². The number of rotatable bonds is 3. The van der Waals surface area contributed by atoms with Gasteiger partial charge in [0, 0.05) is 23.2 Å². The minimum Gasteiger partial charge on any atom is -0.372 e. The molecule has 2 amide bonds. The minimum atomic E-state index is -0.479. The van der Waals surface area contributed by atoms with Gasteiger partial charge in [0.25, 0.3) is 11.8 Å². The summed E-state index contributed by atoms with van der Waals surface area (Å²) in [5.74, 6) is -0.911. The number of anilines is 2. The average molecular weight is 484 g/mol. The molecule has 0 radical (unpaired) electrons. The van der Waals surface area contributed by atoms with Gasteiger partial charge < -0.3 is 4.90 Å². The molecule has 0 spiro atoms. The number of hydrogen-bond acceptors (Lipinski definition) is 4. The van der Waals surface area contributed by atoms with Crippen LogP contribution < -0.4 is 15.1 Å². The third-order valence-corrected chi connectivity index (χ3v) is 6.12. The number of carbonyl (C=O) groups is 2. The van der Waals surface area contributed by atoms with Crippen LogP contribution >= 0.6 is 28.1 Å². The van der Waals surface area contributed by atoms with Crippen LogP contribution in [0, 0.1) is 0 Å². The van der Waals surface area contributed by atoms with Gasteiger partial charge in [-0.25, -0.2) is 0 Å². The fourth-order valence-electron chi connectivity index (χ4n) is 3.78. The number of benzene rings is 2. The van der Waals surface area contributed by atoms with Crippen molar-refractivity contribution < 1.29 is 9.59 Å². The second-order valence-electron chi connectivity index (χ2n) is 7.43. The second kappa shape index (κ2) is 9.10. The molecule has 0 saturated carbocycles. The molecule has 2 aliphatic heterocycles. The Bertz CT molecular complexity index is 1010. The Morgan fingerprint density at radius 3 is 2.30 bits per heavy atom. The molecule has 2 aromatic carbocycles. The number of amides is 2. The third-order valence-electron chi connectivity index (χ3n) is 5.34. The Morgan fingerprint density at radius 2 is 1.63 bits per heavy atom. The third kappa shape index (κ3) is 4.47. The predicted molar refractivity (Wildman–Crippen MR) is 127 cm³/mol. The lowest BCUT2D eigenvalue weighted by molar-refractivity contribution is -0.122. The molecule has 0 aromatic heterocycles. The monoisotopic (exact) mass is 483 g/mol. The smallest absolute Gasteiger partial charge is 0.270 e. The molecule has 154 valence electrons. The van der Waals surface area contributed by atoms with Crippen LogP contribution in [0.2, 0.25) is 0 Å². The summed E-state index contributed by atoms with van der Waals surface area (Å²) in [5.41, 5.74) is 2.64.